The summed E-state index contributed by atoms with van der Waals surface area (Å²) >= 11 is 0. The van der Waals surface area contributed by atoms with Gasteiger partial charge >= 0.3 is 0 Å². The maximum atomic E-state index is 4.64. The molecule has 1 N–H and O–H groups in total. The fraction of sp³-hybridized carbons (Fsp3) is 0.692. The van der Waals surface area contributed by atoms with Gasteiger partial charge in [-0.15, -0.1) is 0 Å². The van der Waals surface area contributed by atoms with Gasteiger partial charge < -0.3 is 10.2 Å². The van der Waals surface area contributed by atoms with Gasteiger partial charge in [0.1, 0.15) is 0 Å². The molecule has 2 fully saturated rings. The Morgan fingerprint density at radius 2 is 1.53 bits per heavy atom. The molecule has 2 saturated heterocycles. The molecule has 0 amide bonds. The van der Waals surface area contributed by atoms with E-state index in [0.29, 0.717) is 0 Å². The summed E-state index contributed by atoms with van der Waals surface area (Å²) in [6.07, 6.45) is 0. The van der Waals surface area contributed by atoms with Crippen molar-refractivity contribution in [3.05, 3.63) is 17.0 Å². The SMILES string of the molecule is Cc1nc(N2CC3CNCC3C2)nc(C)c1C. The van der Waals surface area contributed by atoms with Gasteiger partial charge in [0.25, 0.3) is 0 Å². The summed E-state index contributed by atoms with van der Waals surface area (Å²) in [5, 5.41) is 3.46. The lowest BCUT2D eigenvalue weighted by Crippen LogP contribution is -2.27. The van der Waals surface area contributed by atoms with E-state index in [2.05, 4.69) is 41.0 Å². The molecule has 1 aromatic rings. The van der Waals surface area contributed by atoms with E-state index in [1.165, 1.54) is 5.56 Å². The fourth-order valence-corrected chi connectivity index (χ4v) is 2.91. The number of anilines is 1. The molecule has 1 aromatic heterocycles. The topological polar surface area (TPSA) is 41.1 Å². The van der Waals surface area contributed by atoms with Crippen LogP contribution < -0.4 is 10.2 Å². The third kappa shape index (κ3) is 1.80. The van der Waals surface area contributed by atoms with Crippen LogP contribution in [0.1, 0.15) is 17.0 Å². The fourth-order valence-electron chi connectivity index (χ4n) is 2.91. The predicted molar refractivity (Wildman–Crippen MR) is 68.3 cm³/mol. The average Bonchev–Trinajstić information content (AvgIpc) is 2.84. The molecule has 2 atom stereocenters. The number of hydrogen-bond donors (Lipinski definition) is 1. The maximum Gasteiger partial charge on any atom is 0.225 e. The summed E-state index contributed by atoms with van der Waals surface area (Å²) in [5.74, 6) is 2.51. The van der Waals surface area contributed by atoms with Gasteiger partial charge in [-0.25, -0.2) is 9.97 Å². The van der Waals surface area contributed by atoms with Crippen molar-refractivity contribution in [1.82, 2.24) is 15.3 Å². The van der Waals surface area contributed by atoms with E-state index in [1.807, 2.05) is 0 Å². The largest absolute Gasteiger partial charge is 0.340 e. The second kappa shape index (κ2) is 3.95. The van der Waals surface area contributed by atoms with Gasteiger partial charge in [-0.3, -0.25) is 0 Å². The van der Waals surface area contributed by atoms with E-state index >= 15 is 0 Å². The zero-order valence-corrected chi connectivity index (χ0v) is 10.8. The van der Waals surface area contributed by atoms with Crippen molar-refractivity contribution in [2.24, 2.45) is 11.8 Å². The van der Waals surface area contributed by atoms with E-state index < -0.39 is 0 Å². The first-order valence-corrected chi connectivity index (χ1v) is 6.42. The summed E-state index contributed by atoms with van der Waals surface area (Å²) in [4.78, 5) is 11.6. The number of nitrogens with zero attached hydrogens (tertiary/aromatic N) is 3. The first kappa shape index (κ1) is 11.0. The second-order valence-corrected chi connectivity index (χ2v) is 5.40. The minimum atomic E-state index is 0.792. The lowest BCUT2D eigenvalue weighted by atomic mass is 10.0. The minimum absolute atomic E-state index is 0.792. The maximum absolute atomic E-state index is 4.64. The first-order valence-electron chi connectivity index (χ1n) is 6.42. The Balaban J connectivity index is 1.86. The molecule has 0 saturated carbocycles. The molecule has 17 heavy (non-hydrogen) atoms. The van der Waals surface area contributed by atoms with Crippen LogP contribution in [0.2, 0.25) is 0 Å². The third-order valence-corrected chi connectivity index (χ3v) is 4.29. The molecule has 0 bridgehead atoms. The van der Waals surface area contributed by atoms with Crippen LogP contribution in [0.5, 0.6) is 0 Å². The van der Waals surface area contributed by atoms with Crippen molar-refractivity contribution in [3.63, 3.8) is 0 Å². The van der Waals surface area contributed by atoms with Crippen LogP contribution in [-0.4, -0.2) is 36.1 Å². The number of nitrogens with one attached hydrogen (secondary N) is 1. The van der Waals surface area contributed by atoms with Crippen LogP contribution in [0.15, 0.2) is 0 Å². The summed E-state index contributed by atoms with van der Waals surface area (Å²) in [6.45, 7) is 10.8. The van der Waals surface area contributed by atoms with E-state index in [4.69, 9.17) is 0 Å². The average molecular weight is 232 g/mol. The van der Waals surface area contributed by atoms with Crippen LogP contribution in [0, 0.1) is 32.6 Å². The molecule has 4 heteroatoms. The van der Waals surface area contributed by atoms with Gasteiger partial charge in [0.2, 0.25) is 5.95 Å². The van der Waals surface area contributed by atoms with Crippen LogP contribution >= 0.6 is 0 Å². The summed E-state index contributed by atoms with van der Waals surface area (Å²) < 4.78 is 0. The van der Waals surface area contributed by atoms with Gasteiger partial charge in [-0.05, 0) is 38.2 Å². The smallest absolute Gasteiger partial charge is 0.225 e. The quantitative estimate of drug-likeness (QED) is 0.786. The number of aryl methyl sites for hydroxylation is 2. The summed E-state index contributed by atoms with van der Waals surface area (Å²) in [7, 11) is 0. The zero-order chi connectivity index (χ0) is 12.0. The molecule has 0 aliphatic carbocycles. The van der Waals surface area contributed by atoms with Crippen LogP contribution in [-0.2, 0) is 0 Å². The Hall–Kier alpha value is -1.16. The molecule has 3 heterocycles. The molecular formula is C13H20N4. The molecule has 2 aliphatic heterocycles. The molecule has 0 radical (unpaired) electrons. The summed E-state index contributed by atoms with van der Waals surface area (Å²) in [6, 6.07) is 0. The van der Waals surface area contributed by atoms with E-state index in [1.54, 1.807) is 0 Å². The van der Waals surface area contributed by atoms with E-state index in [0.717, 1.165) is 55.4 Å². The standard InChI is InChI=1S/C13H20N4/c1-8-9(2)15-13(16-10(8)3)17-6-11-4-14-5-12(11)7-17/h11-12,14H,4-7H2,1-3H3. The highest BCUT2D eigenvalue weighted by molar-refractivity contribution is 5.37. The monoisotopic (exact) mass is 232 g/mol. The van der Waals surface area contributed by atoms with Crippen molar-refractivity contribution >= 4 is 5.95 Å². The highest BCUT2D eigenvalue weighted by Gasteiger charge is 2.37. The van der Waals surface area contributed by atoms with Gasteiger partial charge in [0.15, 0.2) is 0 Å². The van der Waals surface area contributed by atoms with E-state index in [9.17, 15) is 0 Å². The number of aromatic nitrogens is 2. The third-order valence-electron chi connectivity index (χ3n) is 4.29. The molecule has 92 valence electrons. The first-order chi connectivity index (χ1) is 8.15. The lowest BCUT2D eigenvalue weighted by molar-refractivity contribution is 0.533. The highest BCUT2D eigenvalue weighted by Crippen LogP contribution is 2.29. The molecule has 3 rings (SSSR count). The molecule has 4 nitrogen and oxygen atoms in total. The van der Waals surface area contributed by atoms with Gasteiger partial charge in [-0.1, -0.05) is 0 Å². The molecule has 0 spiro atoms. The van der Waals surface area contributed by atoms with Gasteiger partial charge in [0.05, 0.1) is 0 Å². The van der Waals surface area contributed by atoms with Crippen molar-refractivity contribution in [2.45, 2.75) is 20.8 Å². The normalized spacial score (nSPS) is 27.6. The van der Waals surface area contributed by atoms with Gasteiger partial charge in [0, 0.05) is 37.6 Å². The second-order valence-electron chi connectivity index (χ2n) is 5.40. The molecule has 2 unspecified atom stereocenters. The van der Waals surface area contributed by atoms with Crippen molar-refractivity contribution in [1.29, 1.82) is 0 Å². The zero-order valence-electron chi connectivity index (χ0n) is 10.8. The molecular weight excluding hydrogens is 212 g/mol. The van der Waals surface area contributed by atoms with Crippen LogP contribution in [0.4, 0.5) is 5.95 Å². The Morgan fingerprint density at radius 3 is 2.06 bits per heavy atom. The number of hydrogen-bond acceptors (Lipinski definition) is 4. The van der Waals surface area contributed by atoms with Crippen LogP contribution in [0.3, 0.4) is 0 Å². The minimum Gasteiger partial charge on any atom is -0.340 e. The van der Waals surface area contributed by atoms with Crippen molar-refractivity contribution < 1.29 is 0 Å². The van der Waals surface area contributed by atoms with E-state index in [-0.39, 0.29) is 0 Å². The van der Waals surface area contributed by atoms with Crippen LogP contribution in [0.25, 0.3) is 0 Å². The van der Waals surface area contributed by atoms with Gasteiger partial charge in [-0.2, -0.15) is 0 Å². The number of rotatable bonds is 1. The number of fused-ring (bicyclic) bond motifs is 1. The Bertz CT molecular complexity index is 408. The lowest BCUT2D eigenvalue weighted by Gasteiger charge is -2.19. The highest BCUT2D eigenvalue weighted by atomic mass is 15.3. The Kier molecular flexibility index (Phi) is 2.54. The Morgan fingerprint density at radius 1 is 1.00 bits per heavy atom. The molecule has 2 aliphatic rings. The van der Waals surface area contributed by atoms with Crippen molar-refractivity contribution in [2.75, 3.05) is 31.1 Å². The summed E-state index contributed by atoms with van der Waals surface area (Å²) in [5.41, 5.74) is 3.44. The Labute approximate surface area is 102 Å². The predicted octanol–water partition coefficient (Wildman–Crippen LogP) is 1.06. The van der Waals surface area contributed by atoms with Crippen molar-refractivity contribution in [3.8, 4) is 0 Å². The molecule has 0 aromatic carbocycles.